The molecule has 17 heavy (non-hydrogen) atoms. The van der Waals surface area contributed by atoms with E-state index >= 15 is 0 Å². The Morgan fingerprint density at radius 1 is 1.53 bits per heavy atom. The molecule has 2 heterocycles. The maximum Gasteiger partial charge on any atom is 0.249 e. The molecular formula is C11H14N4O2. The van der Waals surface area contributed by atoms with Gasteiger partial charge in [-0.3, -0.25) is 14.9 Å². The van der Waals surface area contributed by atoms with E-state index in [4.69, 9.17) is 5.73 Å². The van der Waals surface area contributed by atoms with E-state index < -0.39 is 0 Å². The summed E-state index contributed by atoms with van der Waals surface area (Å²) in [5.41, 5.74) is 6.23. The molecule has 0 aromatic carbocycles. The first-order valence-electron chi connectivity index (χ1n) is 5.43. The van der Waals surface area contributed by atoms with Gasteiger partial charge < -0.3 is 10.6 Å². The minimum Gasteiger partial charge on any atom is -0.384 e. The lowest BCUT2D eigenvalue weighted by Gasteiger charge is -2.34. The monoisotopic (exact) mass is 234 g/mol. The Balaban J connectivity index is 2.30. The third-order valence-corrected chi connectivity index (χ3v) is 2.74. The van der Waals surface area contributed by atoms with Crippen molar-refractivity contribution in [1.82, 2.24) is 10.3 Å². The Hall–Kier alpha value is -2.11. The van der Waals surface area contributed by atoms with Gasteiger partial charge in [0.15, 0.2) is 0 Å². The average Bonchev–Trinajstić information content (AvgIpc) is 2.29. The highest BCUT2D eigenvalue weighted by Gasteiger charge is 2.32. The SMILES string of the molecule is CCC1C(=O)NC(=O)CN1c1ccc(N)nc1. The van der Waals surface area contributed by atoms with Gasteiger partial charge in [0.1, 0.15) is 11.9 Å². The Morgan fingerprint density at radius 3 is 2.88 bits per heavy atom. The van der Waals surface area contributed by atoms with E-state index in [1.54, 1.807) is 23.2 Å². The van der Waals surface area contributed by atoms with Crippen LogP contribution < -0.4 is 16.0 Å². The highest BCUT2D eigenvalue weighted by atomic mass is 16.2. The van der Waals surface area contributed by atoms with Gasteiger partial charge >= 0.3 is 0 Å². The number of carbonyl (C=O) groups is 2. The number of hydrogen-bond acceptors (Lipinski definition) is 5. The van der Waals surface area contributed by atoms with Crippen molar-refractivity contribution in [2.45, 2.75) is 19.4 Å². The van der Waals surface area contributed by atoms with Crippen molar-refractivity contribution in [2.75, 3.05) is 17.2 Å². The topological polar surface area (TPSA) is 88.3 Å². The summed E-state index contributed by atoms with van der Waals surface area (Å²) in [6, 6.07) is 3.08. The maximum absolute atomic E-state index is 11.7. The highest BCUT2D eigenvalue weighted by Crippen LogP contribution is 2.20. The summed E-state index contributed by atoms with van der Waals surface area (Å²) < 4.78 is 0. The summed E-state index contributed by atoms with van der Waals surface area (Å²) >= 11 is 0. The molecule has 1 unspecified atom stereocenters. The van der Waals surface area contributed by atoms with Gasteiger partial charge in [0.05, 0.1) is 18.4 Å². The molecule has 0 radical (unpaired) electrons. The summed E-state index contributed by atoms with van der Waals surface area (Å²) in [6.07, 6.45) is 2.20. The van der Waals surface area contributed by atoms with Gasteiger partial charge in [-0.1, -0.05) is 6.92 Å². The van der Waals surface area contributed by atoms with Gasteiger partial charge in [0.25, 0.3) is 0 Å². The molecule has 90 valence electrons. The number of piperazine rings is 1. The first-order valence-corrected chi connectivity index (χ1v) is 5.43. The molecule has 1 aliphatic heterocycles. The van der Waals surface area contributed by atoms with Gasteiger partial charge in [-0.25, -0.2) is 4.98 Å². The molecule has 1 aromatic rings. The number of amides is 2. The number of imide groups is 1. The quantitative estimate of drug-likeness (QED) is 0.698. The number of aromatic nitrogens is 1. The van der Waals surface area contributed by atoms with Crippen LogP contribution in [0.3, 0.4) is 0 Å². The van der Waals surface area contributed by atoms with E-state index in [-0.39, 0.29) is 24.4 Å². The molecule has 1 fully saturated rings. The number of carbonyl (C=O) groups excluding carboxylic acids is 2. The fraction of sp³-hybridized carbons (Fsp3) is 0.364. The molecule has 3 N–H and O–H groups in total. The summed E-state index contributed by atoms with van der Waals surface area (Å²) in [7, 11) is 0. The molecule has 1 aliphatic rings. The van der Waals surface area contributed by atoms with E-state index in [0.717, 1.165) is 5.69 Å². The highest BCUT2D eigenvalue weighted by molar-refractivity contribution is 6.04. The average molecular weight is 234 g/mol. The van der Waals surface area contributed by atoms with Gasteiger partial charge in [0.2, 0.25) is 11.8 Å². The molecule has 0 spiro atoms. The first-order chi connectivity index (χ1) is 8.11. The van der Waals surface area contributed by atoms with Crippen molar-refractivity contribution >= 4 is 23.3 Å². The molecular weight excluding hydrogens is 220 g/mol. The lowest BCUT2D eigenvalue weighted by molar-refractivity contribution is -0.132. The van der Waals surface area contributed by atoms with Crippen molar-refractivity contribution in [3.05, 3.63) is 18.3 Å². The number of rotatable bonds is 2. The number of hydrogen-bond donors (Lipinski definition) is 2. The van der Waals surface area contributed by atoms with Crippen LogP contribution >= 0.6 is 0 Å². The second-order valence-electron chi connectivity index (χ2n) is 3.91. The van der Waals surface area contributed by atoms with Gasteiger partial charge in [-0.2, -0.15) is 0 Å². The lowest BCUT2D eigenvalue weighted by atomic mass is 10.1. The van der Waals surface area contributed by atoms with Crippen LogP contribution in [0.4, 0.5) is 11.5 Å². The minimum atomic E-state index is -0.335. The Labute approximate surface area is 98.8 Å². The van der Waals surface area contributed by atoms with Crippen LogP contribution in [0.5, 0.6) is 0 Å². The van der Waals surface area contributed by atoms with Crippen LogP contribution in [-0.2, 0) is 9.59 Å². The fourth-order valence-corrected chi connectivity index (χ4v) is 1.91. The number of nitrogens with one attached hydrogen (secondary N) is 1. The normalized spacial score (nSPS) is 20.3. The standard InChI is InChI=1S/C11H14N4O2/c1-2-8-11(17)14-10(16)6-15(8)7-3-4-9(12)13-5-7/h3-5,8H,2,6H2,1H3,(H2,12,13)(H,14,16,17). The minimum absolute atomic E-state index is 0.163. The molecule has 6 nitrogen and oxygen atoms in total. The van der Waals surface area contributed by atoms with Crippen LogP contribution in [0.1, 0.15) is 13.3 Å². The molecule has 1 saturated heterocycles. The van der Waals surface area contributed by atoms with Crippen LogP contribution in [0.2, 0.25) is 0 Å². The molecule has 1 aromatic heterocycles. The second-order valence-corrected chi connectivity index (χ2v) is 3.91. The lowest BCUT2D eigenvalue weighted by Crippen LogP contribution is -2.58. The predicted molar refractivity (Wildman–Crippen MR) is 63.2 cm³/mol. The number of anilines is 2. The molecule has 1 atom stereocenters. The van der Waals surface area contributed by atoms with E-state index in [2.05, 4.69) is 10.3 Å². The smallest absolute Gasteiger partial charge is 0.249 e. The van der Waals surface area contributed by atoms with Crippen molar-refractivity contribution < 1.29 is 9.59 Å². The van der Waals surface area contributed by atoms with E-state index in [0.29, 0.717) is 12.2 Å². The largest absolute Gasteiger partial charge is 0.384 e. The molecule has 0 bridgehead atoms. The molecule has 2 amide bonds. The van der Waals surface area contributed by atoms with Gasteiger partial charge in [-0.05, 0) is 18.6 Å². The van der Waals surface area contributed by atoms with Crippen molar-refractivity contribution in [2.24, 2.45) is 0 Å². The molecule has 0 saturated carbocycles. The Kier molecular flexibility index (Phi) is 2.95. The number of nitrogens with two attached hydrogens (primary N) is 1. The van der Waals surface area contributed by atoms with Crippen molar-refractivity contribution in [3.8, 4) is 0 Å². The van der Waals surface area contributed by atoms with E-state index in [1.807, 2.05) is 6.92 Å². The van der Waals surface area contributed by atoms with E-state index in [9.17, 15) is 9.59 Å². The number of nitrogen functional groups attached to an aromatic ring is 1. The summed E-state index contributed by atoms with van der Waals surface area (Å²) in [5, 5.41) is 2.33. The van der Waals surface area contributed by atoms with Crippen LogP contribution in [0, 0.1) is 0 Å². The van der Waals surface area contributed by atoms with Gasteiger partial charge in [-0.15, -0.1) is 0 Å². The zero-order valence-corrected chi connectivity index (χ0v) is 9.51. The maximum atomic E-state index is 11.7. The molecule has 6 heteroatoms. The number of pyridine rings is 1. The van der Waals surface area contributed by atoms with Crippen LogP contribution in [-0.4, -0.2) is 29.4 Å². The summed E-state index contributed by atoms with van der Waals surface area (Å²) in [4.78, 5) is 28.7. The second kappa shape index (κ2) is 4.40. The predicted octanol–water partition coefficient (Wildman–Crippen LogP) is -0.0948. The third kappa shape index (κ3) is 2.20. The first kappa shape index (κ1) is 11.4. The Bertz CT molecular complexity index is 443. The fourth-order valence-electron chi connectivity index (χ4n) is 1.91. The number of nitrogens with zero attached hydrogens (tertiary/aromatic N) is 2. The zero-order chi connectivity index (χ0) is 12.4. The van der Waals surface area contributed by atoms with Crippen molar-refractivity contribution in [1.29, 1.82) is 0 Å². The van der Waals surface area contributed by atoms with E-state index in [1.165, 1.54) is 0 Å². The molecule has 0 aliphatic carbocycles. The van der Waals surface area contributed by atoms with Crippen molar-refractivity contribution in [3.63, 3.8) is 0 Å². The van der Waals surface area contributed by atoms with Gasteiger partial charge in [0, 0.05) is 0 Å². The summed E-state index contributed by atoms with van der Waals surface area (Å²) in [5.74, 6) is -0.147. The van der Waals surface area contributed by atoms with Crippen LogP contribution in [0.15, 0.2) is 18.3 Å². The van der Waals surface area contributed by atoms with Crippen LogP contribution in [0.25, 0.3) is 0 Å². The Morgan fingerprint density at radius 2 is 2.29 bits per heavy atom. The zero-order valence-electron chi connectivity index (χ0n) is 9.51. The summed E-state index contributed by atoms with van der Waals surface area (Å²) in [6.45, 7) is 2.06. The molecule has 2 rings (SSSR count). The third-order valence-electron chi connectivity index (χ3n) is 2.74.